The van der Waals surface area contributed by atoms with E-state index in [-0.39, 0.29) is 11.8 Å². The molecule has 0 unspecified atom stereocenters. The Balaban J connectivity index is 1.74. The predicted molar refractivity (Wildman–Crippen MR) is 83.0 cm³/mol. The average Bonchev–Trinajstić information content (AvgIpc) is 2.51. The largest absolute Gasteiger partial charge is 0.493 e. The molecule has 0 aromatic heterocycles. The molecule has 1 aliphatic heterocycles. The Labute approximate surface area is 130 Å². The van der Waals surface area contributed by atoms with Gasteiger partial charge in [0.1, 0.15) is 5.75 Å². The van der Waals surface area contributed by atoms with Crippen molar-refractivity contribution in [3.05, 3.63) is 29.3 Å². The maximum absolute atomic E-state index is 12.1. The summed E-state index contributed by atoms with van der Waals surface area (Å²) in [5.74, 6) is -0.255. The molecule has 22 heavy (non-hydrogen) atoms. The number of carboxylic acids is 1. The number of likely N-dealkylation sites (tertiary alicyclic amines) is 1. The highest BCUT2D eigenvalue weighted by Crippen LogP contribution is 2.19. The number of aliphatic carboxylic acids is 1. The average molecular weight is 305 g/mol. The van der Waals surface area contributed by atoms with Gasteiger partial charge in [-0.3, -0.25) is 9.59 Å². The number of carboxylic acid groups (broad SMARTS) is 1. The third kappa shape index (κ3) is 4.23. The summed E-state index contributed by atoms with van der Waals surface area (Å²) in [5, 5.41) is 8.95. The zero-order valence-electron chi connectivity index (χ0n) is 13.2. The number of amides is 1. The molecule has 1 saturated heterocycles. The maximum atomic E-state index is 12.1. The molecular formula is C17H23NO4. The first kappa shape index (κ1) is 16.3. The van der Waals surface area contributed by atoms with Crippen molar-refractivity contribution in [2.75, 3.05) is 19.7 Å². The number of carbonyl (C=O) groups excluding carboxylic acids is 1. The number of hydrogen-bond donors (Lipinski definition) is 1. The second-order valence-corrected chi connectivity index (χ2v) is 5.84. The minimum atomic E-state index is -0.759. The van der Waals surface area contributed by atoms with Crippen molar-refractivity contribution in [2.45, 2.75) is 33.1 Å². The van der Waals surface area contributed by atoms with Crippen LogP contribution in [0.4, 0.5) is 0 Å². The molecule has 1 heterocycles. The van der Waals surface area contributed by atoms with Crippen LogP contribution < -0.4 is 4.74 Å². The Kier molecular flexibility index (Phi) is 5.41. The van der Waals surface area contributed by atoms with Gasteiger partial charge in [-0.1, -0.05) is 6.07 Å². The first-order valence-corrected chi connectivity index (χ1v) is 7.68. The van der Waals surface area contributed by atoms with E-state index in [0.717, 1.165) is 5.75 Å². The zero-order chi connectivity index (χ0) is 16.1. The molecule has 0 spiro atoms. The van der Waals surface area contributed by atoms with Gasteiger partial charge in [0.05, 0.1) is 18.9 Å². The molecule has 0 aliphatic carbocycles. The standard InChI is InChI=1S/C17H23NO4/c1-12-3-4-15(11-13(12)2)22-10-7-16(19)18-8-5-14(6-9-18)17(20)21/h3-4,11,14H,5-10H2,1-2H3,(H,20,21). The van der Waals surface area contributed by atoms with Crippen LogP contribution in [0.2, 0.25) is 0 Å². The fourth-order valence-corrected chi connectivity index (χ4v) is 2.59. The Morgan fingerprint density at radius 3 is 2.50 bits per heavy atom. The fraction of sp³-hybridized carbons (Fsp3) is 0.529. The lowest BCUT2D eigenvalue weighted by Gasteiger charge is -2.30. The molecule has 0 atom stereocenters. The summed E-state index contributed by atoms with van der Waals surface area (Å²) in [6, 6.07) is 5.88. The molecule has 1 aromatic carbocycles. The smallest absolute Gasteiger partial charge is 0.306 e. The monoisotopic (exact) mass is 305 g/mol. The van der Waals surface area contributed by atoms with Crippen molar-refractivity contribution in [3.8, 4) is 5.75 Å². The number of rotatable bonds is 5. The summed E-state index contributed by atoms with van der Waals surface area (Å²) in [6.45, 7) is 5.47. The third-order valence-electron chi connectivity index (χ3n) is 4.26. The van der Waals surface area contributed by atoms with E-state index in [9.17, 15) is 9.59 Å². The summed E-state index contributed by atoms with van der Waals surface area (Å²) in [7, 11) is 0. The number of ether oxygens (including phenoxy) is 1. The second-order valence-electron chi connectivity index (χ2n) is 5.84. The number of nitrogens with zero attached hydrogens (tertiary/aromatic N) is 1. The first-order chi connectivity index (χ1) is 10.5. The van der Waals surface area contributed by atoms with Crippen molar-refractivity contribution in [1.82, 2.24) is 4.90 Å². The Bertz CT molecular complexity index is 548. The summed E-state index contributed by atoms with van der Waals surface area (Å²) >= 11 is 0. The van der Waals surface area contributed by atoms with Gasteiger partial charge in [-0.25, -0.2) is 0 Å². The number of benzene rings is 1. The van der Waals surface area contributed by atoms with E-state index in [1.807, 2.05) is 32.0 Å². The number of piperidine rings is 1. The topological polar surface area (TPSA) is 66.8 Å². The SMILES string of the molecule is Cc1ccc(OCCC(=O)N2CCC(C(=O)O)CC2)cc1C. The molecule has 5 heteroatoms. The lowest BCUT2D eigenvalue weighted by Crippen LogP contribution is -2.40. The van der Waals surface area contributed by atoms with Crippen molar-refractivity contribution in [2.24, 2.45) is 5.92 Å². The van der Waals surface area contributed by atoms with Gasteiger partial charge in [-0.2, -0.15) is 0 Å². The normalized spacial score (nSPS) is 15.6. The van der Waals surface area contributed by atoms with Crippen molar-refractivity contribution in [3.63, 3.8) is 0 Å². The third-order valence-corrected chi connectivity index (χ3v) is 4.26. The molecule has 0 saturated carbocycles. The quantitative estimate of drug-likeness (QED) is 0.907. The van der Waals surface area contributed by atoms with Crippen LogP contribution >= 0.6 is 0 Å². The fourth-order valence-electron chi connectivity index (χ4n) is 2.59. The van der Waals surface area contributed by atoms with Crippen LogP contribution in [0.5, 0.6) is 5.75 Å². The summed E-state index contributed by atoms with van der Waals surface area (Å²) in [4.78, 5) is 24.7. The van der Waals surface area contributed by atoms with Gasteiger partial charge in [0.25, 0.3) is 0 Å². The minimum Gasteiger partial charge on any atom is -0.493 e. The molecule has 1 aromatic rings. The van der Waals surface area contributed by atoms with E-state index in [2.05, 4.69) is 0 Å². The molecule has 0 radical (unpaired) electrons. The van der Waals surface area contributed by atoms with Gasteiger partial charge in [0, 0.05) is 13.1 Å². The number of hydrogen-bond acceptors (Lipinski definition) is 3. The summed E-state index contributed by atoms with van der Waals surface area (Å²) < 4.78 is 5.62. The van der Waals surface area contributed by atoms with E-state index in [1.165, 1.54) is 11.1 Å². The first-order valence-electron chi connectivity index (χ1n) is 7.68. The van der Waals surface area contributed by atoms with Crippen molar-refractivity contribution < 1.29 is 19.4 Å². The van der Waals surface area contributed by atoms with E-state index < -0.39 is 5.97 Å². The van der Waals surface area contributed by atoms with Crippen LogP contribution in [0, 0.1) is 19.8 Å². The highest BCUT2D eigenvalue weighted by molar-refractivity contribution is 5.77. The molecule has 0 bridgehead atoms. The number of aryl methyl sites for hydroxylation is 2. The van der Waals surface area contributed by atoms with E-state index in [1.54, 1.807) is 4.90 Å². The van der Waals surface area contributed by atoms with Gasteiger partial charge >= 0.3 is 5.97 Å². The molecular weight excluding hydrogens is 282 g/mol. The van der Waals surface area contributed by atoms with Crippen LogP contribution in [0.25, 0.3) is 0 Å². The Morgan fingerprint density at radius 2 is 1.91 bits per heavy atom. The van der Waals surface area contributed by atoms with Gasteiger partial charge < -0.3 is 14.7 Å². The van der Waals surface area contributed by atoms with Crippen LogP contribution in [0.3, 0.4) is 0 Å². The summed E-state index contributed by atoms with van der Waals surface area (Å²) in [5.41, 5.74) is 2.38. The van der Waals surface area contributed by atoms with Crippen LogP contribution in [-0.2, 0) is 9.59 Å². The highest BCUT2D eigenvalue weighted by Gasteiger charge is 2.26. The lowest BCUT2D eigenvalue weighted by molar-refractivity contribution is -0.145. The lowest BCUT2D eigenvalue weighted by atomic mass is 9.97. The van der Waals surface area contributed by atoms with Gasteiger partial charge in [0.15, 0.2) is 0 Å². The van der Waals surface area contributed by atoms with Gasteiger partial charge in [-0.15, -0.1) is 0 Å². The van der Waals surface area contributed by atoms with Crippen molar-refractivity contribution >= 4 is 11.9 Å². The molecule has 2 rings (SSSR count). The van der Waals surface area contributed by atoms with Crippen molar-refractivity contribution in [1.29, 1.82) is 0 Å². The van der Waals surface area contributed by atoms with Crippen LogP contribution in [-0.4, -0.2) is 41.6 Å². The molecule has 1 fully saturated rings. The van der Waals surface area contributed by atoms with Gasteiger partial charge in [0.2, 0.25) is 5.91 Å². The van der Waals surface area contributed by atoms with Crippen LogP contribution in [0.1, 0.15) is 30.4 Å². The minimum absolute atomic E-state index is 0.0349. The number of carbonyl (C=O) groups is 2. The molecule has 120 valence electrons. The molecule has 1 aliphatic rings. The summed E-state index contributed by atoms with van der Waals surface area (Å²) in [6.07, 6.45) is 1.41. The van der Waals surface area contributed by atoms with Crippen LogP contribution in [0.15, 0.2) is 18.2 Å². The second kappa shape index (κ2) is 7.29. The van der Waals surface area contributed by atoms with E-state index in [4.69, 9.17) is 9.84 Å². The maximum Gasteiger partial charge on any atom is 0.306 e. The molecule has 1 N–H and O–H groups in total. The predicted octanol–water partition coefficient (Wildman–Crippen LogP) is 2.40. The van der Waals surface area contributed by atoms with E-state index in [0.29, 0.717) is 39.0 Å². The Morgan fingerprint density at radius 1 is 1.23 bits per heavy atom. The highest BCUT2D eigenvalue weighted by atomic mass is 16.5. The Hall–Kier alpha value is -2.04. The van der Waals surface area contributed by atoms with E-state index >= 15 is 0 Å². The molecule has 1 amide bonds. The van der Waals surface area contributed by atoms with Gasteiger partial charge in [-0.05, 0) is 49.9 Å². The zero-order valence-corrected chi connectivity index (χ0v) is 13.2. The molecule has 5 nitrogen and oxygen atoms in total.